The second-order valence-corrected chi connectivity index (χ2v) is 5.78. The van der Waals surface area contributed by atoms with E-state index in [9.17, 15) is 4.79 Å². The van der Waals surface area contributed by atoms with Gasteiger partial charge in [0.25, 0.3) is 0 Å². The summed E-state index contributed by atoms with van der Waals surface area (Å²) in [7, 11) is 3.76. The first-order valence-electron chi connectivity index (χ1n) is 8.05. The Hall–Kier alpha value is -3.15. The summed E-state index contributed by atoms with van der Waals surface area (Å²) >= 11 is 0. The van der Waals surface area contributed by atoms with Crippen LogP contribution in [-0.2, 0) is 4.74 Å². The summed E-state index contributed by atoms with van der Waals surface area (Å²) in [5.74, 6) is 0.0550. The van der Waals surface area contributed by atoms with Crippen molar-refractivity contribution in [3.8, 4) is 11.1 Å². The van der Waals surface area contributed by atoms with Crippen molar-refractivity contribution >= 4 is 29.3 Å². The lowest BCUT2D eigenvalue weighted by Crippen LogP contribution is -2.07. The van der Waals surface area contributed by atoms with E-state index in [0.29, 0.717) is 23.6 Å². The Morgan fingerprint density at radius 2 is 2.00 bits per heavy atom. The molecule has 3 aromatic rings. The van der Waals surface area contributed by atoms with Crippen LogP contribution in [0.25, 0.3) is 22.2 Å². The molecule has 6 heteroatoms. The molecular formula is C19H20N4O2. The Morgan fingerprint density at radius 1 is 1.24 bits per heavy atom. The van der Waals surface area contributed by atoms with Crippen LogP contribution in [-0.4, -0.2) is 47.9 Å². The number of nitrogens with zero attached hydrogens (tertiary/aromatic N) is 3. The number of carbonyl (C=O) groups is 1. The van der Waals surface area contributed by atoms with Gasteiger partial charge in [0, 0.05) is 14.1 Å². The van der Waals surface area contributed by atoms with Crippen molar-refractivity contribution < 1.29 is 9.53 Å². The molecule has 0 fully saturated rings. The number of H-pyrrole nitrogens is 1. The number of aromatic nitrogens is 2. The number of imidazole rings is 1. The molecule has 0 aliphatic heterocycles. The highest BCUT2D eigenvalue weighted by molar-refractivity contribution is 6.04. The van der Waals surface area contributed by atoms with Gasteiger partial charge in [-0.05, 0) is 30.2 Å². The molecule has 0 amide bonds. The second-order valence-electron chi connectivity index (χ2n) is 5.78. The zero-order chi connectivity index (χ0) is 17.8. The maximum Gasteiger partial charge on any atom is 0.340 e. The lowest BCUT2D eigenvalue weighted by Gasteiger charge is -2.06. The number of hydrogen-bond acceptors (Lipinski definition) is 4. The fourth-order valence-electron chi connectivity index (χ4n) is 2.50. The molecule has 0 radical (unpaired) electrons. The van der Waals surface area contributed by atoms with Gasteiger partial charge in [-0.3, -0.25) is 0 Å². The number of benzene rings is 2. The molecule has 0 bridgehead atoms. The third kappa shape index (κ3) is 3.68. The van der Waals surface area contributed by atoms with Crippen LogP contribution in [0.15, 0.2) is 47.5 Å². The Bertz CT molecular complexity index is 914. The summed E-state index contributed by atoms with van der Waals surface area (Å²) in [6, 6.07) is 13.7. The monoisotopic (exact) mass is 336 g/mol. The van der Waals surface area contributed by atoms with Gasteiger partial charge in [-0.15, -0.1) is 0 Å². The van der Waals surface area contributed by atoms with Crippen molar-refractivity contribution in [1.29, 1.82) is 0 Å². The number of ether oxygens (including phenoxy) is 1. The number of fused-ring (bicyclic) bond motifs is 1. The molecule has 2 aromatic carbocycles. The molecule has 1 aromatic heterocycles. The zero-order valence-electron chi connectivity index (χ0n) is 14.5. The maximum absolute atomic E-state index is 12.4. The second kappa shape index (κ2) is 7.17. The van der Waals surface area contributed by atoms with Crippen LogP contribution in [0.5, 0.6) is 0 Å². The normalized spacial score (nSPS) is 11.2. The predicted molar refractivity (Wildman–Crippen MR) is 99.3 cm³/mol. The van der Waals surface area contributed by atoms with E-state index in [2.05, 4.69) is 15.0 Å². The molecule has 25 heavy (non-hydrogen) atoms. The smallest absolute Gasteiger partial charge is 0.340 e. The van der Waals surface area contributed by atoms with Gasteiger partial charge < -0.3 is 14.6 Å². The summed E-state index contributed by atoms with van der Waals surface area (Å²) < 4.78 is 5.19. The summed E-state index contributed by atoms with van der Waals surface area (Å²) in [6.07, 6.45) is 1.65. The van der Waals surface area contributed by atoms with Crippen molar-refractivity contribution in [3.63, 3.8) is 0 Å². The molecule has 0 spiro atoms. The summed E-state index contributed by atoms with van der Waals surface area (Å²) in [5, 5.41) is 0. The van der Waals surface area contributed by atoms with Crippen LogP contribution in [0, 0.1) is 0 Å². The minimum absolute atomic E-state index is 0.311. The van der Waals surface area contributed by atoms with Crippen molar-refractivity contribution in [2.45, 2.75) is 6.92 Å². The average Bonchev–Trinajstić information content (AvgIpc) is 3.03. The van der Waals surface area contributed by atoms with Gasteiger partial charge in [0.05, 0.1) is 24.0 Å². The molecule has 6 nitrogen and oxygen atoms in total. The average molecular weight is 336 g/mol. The van der Waals surface area contributed by atoms with Crippen molar-refractivity contribution in [3.05, 3.63) is 48.0 Å². The standard InChI is InChI=1S/C19H20N4O2/c1-4-25-18(24)15-10-14(13-8-6-5-7-9-13)11-16-17(15)22-19(21-16)20-12-23(2)3/h5-12H,4H2,1-3H3,(H,21,22)/b20-12+. The molecule has 3 rings (SSSR count). The zero-order valence-corrected chi connectivity index (χ0v) is 14.5. The maximum atomic E-state index is 12.4. The van der Waals surface area contributed by atoms with Crippen LogP contribution in [0.3, 0.4) is 0 Å². The summed E-state index contributed by atoms with van der Waals surface area (Å²) in [5.41, 5.74) is 3.67. The first-order chi connectivity index (χ1) is 12.1. The molecule has 128 valence electrons. The molecule has 0 aliphatic carbocycles. The molecule has 0 saturated heterocycles. The van der Waals surface area contributed by atoms with E-state index in [1.807, 2.05) is 61.5 Å². The lowest BCUT2D eigenvalue weighted by molar-refractivity contribution is 0.0528. The van der Waals surface area contributed by atoms with E-state index < -0.39 is 0 Å². The predicted octanol–water partition coefficient (Wildman–Crippen LogP) is 3.63. The number of rotatable bonds is 5. The Labute approximate surface area is 146 Å². The quantitative estimate of drug-likeness (QED) is 0.439. The number of aliphatic imine (C=N–C) groups is 1. The van der Waals surface area contributed by atoms with Gasteiger partial charge in [-0.1, -0.05) is 30.3 Å². The number of esters is 1. The SMILES string of the molecule is CCOC(=O)c1cc(-c2ccccc2)cc2[nH]c(/N=C/N(C)C)nc12. The van der Waals surface area contributed by atoms with Crippen LogP contribution in [0.4, 0.5) is 5.95 Å². The van der Waals surface area contributed by atoms with Crippen LogP contribution >= 0.6 is 0 Å². The number of nitrogens with one attached hydrogen (secondary N) is 1. The third-order valence-corrected chi connectivity index (χ3v) is 3.59. The van der Waals surface area contributed by atoms with E-state index in [1.165, 1.54) is 0 Å². The Kier molecular flexibility index (Phi) is 4.79. The first kappa shape index (κ1) is 16.7. The summed E-state index contributed by atoms with van der Waals surface area (Å²) in [6.45, 7) is 2.10. The van der Waals surface area contributed by atoms with E-state index in [0.717, 1.165) is 16.6 Å². The Morgan fingerprint density at radius 3 is 2.68 bits per heavy atom. The van der Waals surface area contributed by atoms with Crippen molar-refractivity contribution in [2.75, 3.05) is 20.7 Å². The van der Waals surface area contributed by atoms with Gasteiger partial charge in [-0.25, -0.2) is 14.8 Å². The van der Waals surface area contributed by atoms with Crippen molar-refractivity contribution in [1.82, 2.24) is 14.9 Å². The largest absolute Gasteiger partial charge is 0.462 e. The van der Waals surface area contributed by atoms with Crippen LogP contribution in [0.2, 0.25) is 0 Å². The molecule has 0 unspecified atom stereocenters. The molecule has 1 heterocycles. The Balaban J connectivity index is 2.15. The van der Waals surface area contributed by atoms with Crippen LogP contribution in [0.1, 0.15) is 17.3 Å². The summed E-state index contributed by atoms with van der Waals surface area (Å²) in [4.78, 5) is 26.1. The number of hydrogen-bond donors (Lipinski definition) is 1. The highest BCUT2D eigenvalue weighted by atomic mass is 16.5. The molecule has 0 atom stereocenters. The van der Waals surface area contributed by atoms with E-state index in [4.69, 9.17) is 4.74 Å². The van der Waals surface area contributed by atoms with E-state index in [-0.39, 0.29) is 5.97 Å². The first-order valence-corrected chi connectivity index (χ1v) is 8.05. The fourth-order valence-corrected chi connectivity index (χ4v) is 2.50. The van der Waals surface area contributed by atoms with E-state index in [1.54, 1.807) is 13.3 Å². The van der Waals surface area contributed by atoms with Gasteiger partial charge in [-0.2, -0.15) is 0 Å². The fraction of sp³-hybridized carbons (Fsp3) is 0.211. The van der Waals surface area contributed by atoms with Crippen LogP contribution < -0.4 is 0 Å². The number of aromatic amines is 1. The van der Waals surface area contributed by atoms with Crippen molar-refractivity contribution in [2.24, 2.45) is 4.99 Å². The highest BCUT2D eigenvalue weighted by Gasteiger charge is 2.17. The minimum Gasteiger partial charge on any atom is -0.462 e. The molecule has 0 saturated carbocycles. The molecular weight excluding hydrogens is 316 g/mol. The van der Waals surface area contributed by atoms with E-state index >= 15 is 0 Å². The van der Waals surface area contributed by atoms with Gasteiger partial charge in [0.1, 0.15) is 5.52 Å². The molecule has 1 N–H and O–H groups in total. The topological polar surface area (TPSA) is 70.6 Å². The lowest BCUT2D eigenvalue weighted by atomic mass is 10.0. The number of carbonyl (C=O) groups excluding carboxylic acids is 1. The highest BCUT2D eigenvalue weighted by Crippen LogP contribution is 2.28. The van der Waals surface area contributed by atoms with Gasteiger partial charge >= 0.3 is 5.97 Å². The van der Waals surface area contributed by atoms with Gasteiger partial charge in [0.15, 0.2) is 0 Å². The minimum atomic E-state index is -0.389. The third-order valence-electron chi connectivity index (χ3n) is 3.59. The van der Waals surface area contributed by atoms with Gasteiger partial charge in [0.2, 0.25) is 5.95 Å². The molecule has 0 aliphatic rings.